The Hall–Kier alpha value is 2.39. The van der Waals surface area contributed by atoms with Gasteiger partial charge in [-0.3, -0.25) is 8.42 Å². The Labute approximate surface area is 200 Å². The normalized spacial score (nSPS) is 5.52. The summed E-state index contributed by atoms with van der Waals surface area (Å²) < 4.78 is 34.1. The fourth-order valence-corrected chi connectivity index (χ4v) is 0. The molecule has 0 unspecified atom stereocenters. The van der Waals surface area contributed by atoms with E-state index in [0.29, 0.717) is 0 Å². The smallest absolute Gasteiger partial charge is 1.00 e. The van der Waals surface area contributed by atoms with Crippen molar-refractivity contribution in [1.29, 1.82) is 0 Å². The summed E-state index contributed by atoms with van der Waals surface area (Å²) in [6, 6.07) is 0. The topological polar surface area (TPSA) is 308 Å². The zero-order valence-electron chi connectivity index (χ0n) is 10.3. The van der Waals surface area contributed by atoms with Crippen molar-refractivity contribution in [3.63, 3.8) is 0 Å². The molecule has 0 aliphatic carbocycles. The Morgan fingerprint density at radius 3 is 1.00 bits per heavy atom. The summed E-state index contributed by atoms with van der Waals surface area (Å²) >= 11 is -0.931. The van der Waals surface area contributed by atoms with Crippen LogP contribution < -0.4 is 57.5 Å². The van der Waals surface area contributed by atoms with E-state index >= 15 is 0 Å². The van der Waals surface area contributed by atoms with Crippen molar-refractivity contribution in [1.82, 2.24) is 6.15 Å². The summed E-state index contributed by atoms with van der Waals surface area (Å²) in [6.07, 6.45) is 9.90. The molecule has 21 heavy (non-hydrogen) atoms. The Morgan fingerprint density at radius 1 is 1.00 bits per heavy atom. The van der Waals surface area contributed by atoms with Crippen LogP contribution in [-0.4, -0.2) is 97.8 Å². The number of hydrogen-bond acceptors (Lipinski definition) is 10. The third-order valence-electron chi connectivity index (χ3n) is 0. The quantitative estimate of drug-likeness (QED) is 0.115. The maximum absolute atomic E-state index is 8.52. The van der Waals surface area contributed by atoms with E-state index in [1.807, 2.05) is 0 Å². The van der Waals surface area contributed by atoms with E-state index in [1.54, 1.807) is 0 Å². The fourth-order valence-electron chi connectivity index (χ4n) is 0. The third kappa shape index (κ3) is 1630. The van der Waals surface area contributed by atoms with Gasteiger partial charge in [-0.1, -0.05) is 0 Å². The molecule has 0 bridgehead atoms. The molecule has 0 aromatic rings. The van der Waals surface area contributed by atoms with Gasteiger partial charge in [0.15, 0.2) is 0 Å². The second-order valence-corrected chi connectivity index (χ2v) is 5.43. The van der Waals surface area contributed by atoms with Gasteiger partial charge in [0.05, 0.1) is 5.09 Å². The second kappa shape index (κ2) is 43.3. The van der Waals surface area contributed by atoms with Crippen LogP contribution in [0.2, 0.25) is 0 Å². The SMILES string of the molecule is N.O.O.O=S(=O)([O-])[O-].O=[N+]([O-])O.O=[N+]([O-])[O-].[Cl][Ca][Cl].[K+].[Mg+2]. The molecule has 0 fully saturated rings. The van der Waals surface area contributed by atoms with Gasteiger partial charge in [0.25, 0.3) is 5.09 Å². The first kappa shape index (κ1) is 56.6. The fraction of sp³-hybridized carbons (Fsp3) is 0. The van der Waals surface area contributed by atoms with Crippen LogP contribution in [0.1, 0.15) is 0 Å². The zero-order chi connectivity index (χ0) is 14.4. The van der Waals surface area contributed by atoms with Gasteiger partial charge in [0.1, 0.15) is 0 Å². The third-order valence-corrected chi connectivity index (χ3v) is 0. The van der Waals surface area contributed by atoms with E-state index < -0.39 is 51.4 Å². The van der Waals surface area contributed by atoms with Crippen LogP contribution in [-0.2, 0) is 10.4 Å². The predicted octanol–water partition coefficient (Wildman–Crippen LogP) is -5.79. The summed E-state index contributed by atoms with van der Waals surface area (Å²) in [4.78, 5) is 16.6. The van der Waals surface area contributed by atoms with Crippen LogP contribution in [0, 0.1) is 25.4 Å². The van der Waals surface area contributed by atoms with Gasteiger partial charge in [0, 0.05) is 10.4 Å². The van der Waals surface area contributed by atoms with Crippen LogP contribution in [0.4, 0.5) is 0 Å². The molecule has 0 aliphatic rings. The van der Waals surface area contributed by atoms with Crippen LogP contribution in [0.25, 0.3) is 0 Å². The van der Waals surface area contributed by atoms with Gasteiger partial charge in [-0.15, -0.1) is 10.1 Å². The van der Waals surface area contributed by atoms with E-state index in [0.717, 1.165) is 0 Å². The summed E-state index contributed by atoms with van der Waals surface area (Å²) in [6.45, 7) is 0. The van der Waals surface area contributed by atoms with Crippen molar-refractivity contribution in [3.8, 4) is 0 Å². The molecule has 0 aliphatic heterocycles. The number of nitrogens with zero attached hydrogens (tertiary/aromatic N) is 2. The number of rotatable bonds is 0. The molecule has 0 spiro atoms. The van der Waals surface area contributed by atoms with Crippen molar-refractivity contribution < 1.29 is 95.2 Å². The minimum Gasteiger partial charge on any atom is 1.00 e. The molecule has 0 saturated heterocycles. The number of hydrogen-bond donors (Lipinski definition) is 2. The monoisotopic (exact) mass is 447 g/mol. The average Bonchev–Trinajstić information content (AvgIpc) is 1.78. The van der Waals surface area contributed by atoms with E-state index in [2.05, 4.69) is 0 Å². The van der Waals surface area contributed by atoms with Gasteiger partial charge < -0.3 is 46.7 Å². The first-order valence-electron chi connectivity index (χ1n) is 2.31. The minimum absolute atomic E-state index is 0. The van der Waals surface area contributed by atoms with Crippen molar-refractivity contribution in [3.05, 3.63) is 25.4 Å². The molecule has 0 atom stereocenters. The molecule has 0 rings (SSSR count). The maximum atomic E-state index is 8.52. The molecule has 15 nitrogen and oxygen atoms in total. The van der Waals surface area contributed by atoms with Crippen molar-refractivity contribution in [2.45, 2.75) is 0 Å². The molecule has 0 radical (unpaired) electrons. The molecular formula is H8CaCl2KMgN3O12S. The molecule has 120 valence electrons. The van der Waals surface area contributed by atoms with Crippen LogP contribution in [0.3, 0.4) is 0 Å². The molecule has 21 heteroatoms. The summed E-state index contributed by atoms with van der Waals surface area (Å²) in [5.74, 6) is 0. The van der Waals surface area contributed by atoms with E-state index in [1.165, 1.54) is 0 Å². The van der Waals surface area contributed by atoms with Gasteiger partial charge >= 0.3 is 118 Å². The minimum atomic E-state index is -5.17. The van der Waals surface area contributed by atoms with Gasteiger partial charge in [-0.25, -0.2) is 0 Å². The molecule has 0 amide bonds. The molecular weight excluding hydrogens is 440 g/mol. The maximum Gasteiger partial charge on any atom is 2.00 e. The standard InChI is InChI=1S/Ca.2ClH.K.Mg.HNO3.NO3.H3N.H2O4S.2H2O/c;;;;;2*2-1(3)4;;1-5(2,3)4;;/h;2*1H;;;(H,2,3,4);;1H3;(H2,1,2,3,4);2*1H2/q+2;;;+1;+2;;-1;;;;/p-4. The molecule has 0 aromatic carbocycles. The molecule has 0 saturated carbocycles. The molecule has 0 heterocycles. The van der Waals surface area contributed by atoms with Gasteiger partial charge in [-0.2, -0.15) is 0 Å². The summed E-state index contributed by atoms with van der Waals surface area (Å²) in [5, 5.41) is 28.4. The Bertz CT molecular complexity index is 250. The zero-order valence-corrected chi connectivity index (χ0v) is 19.4. The first-order chi connectivity index (χ1) is 6.88. The Kier molecular flexibility index (Phi) is 117. The van der Waals surface area contributed by atoms with Gasteiger partial charge in [0.2, 0.25) is 0 Å². The summed E-state index contributed by atoms with van der Waals surface area (Å²) in [7, 11) is -5.17. The predicted molar refractivity (Wildman–Crippen MR) is 65.1 cm³/mol. The molecule has 8 N–H and O–H groups in total. The van der Waals surface area contributed by atoms with Crippen LogP contribution in [0.15, 0.2) is 0 Å². The average molecular weight is 449 g/mol. The van der Waals surface area contributed by atoms with Crippen molar-refractivity contribution >= 4 is 77.1 Å². The molecule has 0 aromatic heterocycles. The van der Waals surface area contributed by atoms with Crippen LogP contribution >= 0.6 is 12.8 Å². The van der Waals surface area contributed by atoms with E-state index in [4.69, 9.17) is 60.9 Å². The van der Waals surface area contributed by atoms with Crippen molar-refractivity contribution in [2.24, 2.45) is 0 Å². The largest absolute Gasteiger partial charge is 2.00 e. The Morgan fingerprint density at radius 2 is 1.00 bits per heavy atom. The van der Waals surface area contributed by atoms with E-state index in [9.17, 15) is 0 Å². The van der Waals surface area contributed by atoms with Crippen LogP contribution in [0.5, 0.6) is 0 Å². The first-order valence-corrected chi connectivity index (χ1v) is 9.72. The van der Waals surface area contributed by atoms with Gasteiger partial charge in [-0.05, 0) is 0 Å². The number of halogens is 2. The second-order valence-electron chi connectivity index (χ2n) is 0.971. The summed E-state index contributed by atoms with van der Waals surface area (Å²) in [5.41, 5.74) is 0. The Balaban J connectivity index is -0.0000000122. The van der Waals surface area contributed by atoms with E-state index in [-0.39, 0.29) is 91.5 Å². The van der Waals surface area contributed by atoms with Crippen molar-refractivity contribution in [2.75, 3.05) is 0 Å².